The number of aliphatic imine (C=N–C) groups is 1. The van der Waals surface area contributed by atoms with E-state index in [1.165, 1.54) is 12.1 Å². The summed E-state index contributed by atoms with van der Waals surface area (Å²) in [5.41, 5.74) is 3.38. The van der Waals surface area contributed by atoms with Crippen LogP contribution in [0, 0.1) is 11.6 Å². The lowest BCUT2D eigenvalue weighted by Gasteiger charge is -2.19. The van der Waals surface area contributed by atoms with Crippen LogP contribution in [0.4, 0.5) is 8.78 Å². The molecule has 0 aliphatic rings. The van der Waals surface area contributed by atoms with Gasteiger partial charge in [-0.1, -0.05) is 30.3 Å². The first kappa shape index (κ1) is 19.5. The Morgan fingerprint density at radius 2 is 1.93 bits per heavy atom. The molecule has 144 valence electrons. The van der Waals surface area contributed by atoms with E-state index in [2.05, 4.69) is 26.7 Å². The second-order valence-electron chi connectivity index (χ2n) is 6.37. The van der Waals surface area contributed by atoms with Crippen LogP contribution >= 0.6 is 0 Å². The minimum Gasteiger partial charge on any atom is -0.352 e. The van der Waals surface area contributed by atoms with Crippen molar-refractivity contribution in [3.8, 4) is 11.3 Å². The molecule has 28 heavy (non-hydrogen) atoms. The highest BCUT2D eigenvalue weighted by Gasteiger charge is 2.13. The Kier molecular flexibility index (Phi) is 6.32. The van der Waals surface area contributed by atoms with Crippen LogP contribution in [0.1, 0.15) is 24.1 Å². The number of hydrogen-bond acceptors (Lipinski definition) is 2. The topological polar surface area (TPSA) is 49.3 Å². The van der Waals surface area contributed by atoms with E-state index in [0.29, 0.717) is 18.1 Å². The van der Waals surface area contributed by atoms with Crippen molar-refractivity contribution in [2.45, 2.75) is 19.5 Å². The number of nitrogens with zero attached hydrogens (tertiary/aromatic N) is 2. The van der Waals surface area contributed by atoms with Gasteiger partial charge in [0.15, 0.2) is 5.96 Å². The lowest BCUT2D eigenvalue weighted by Crippen LogP contribution is -2.38. The van der Waals surface area contributed by atoms with Gasteiger partial charge in [-0.15, -0.1) is 0 Å². The van der Waals surface area contributed by atoms with Gasteiger partial charge in [-0.2, -0.15) is 0 Å². The van der Waals surface area contributed by atoms with Crippen molar-refractivity contribution in [3.05, 3.63) is 89.6 Å². The molecule has 1 heterocycles. The molecular formula is C22H22F2N4. The summed E-state index contributed by atoms with van der Waals surface area (Å²) in [5.74, 6) is -0.651. The van der Waals surface area contributed by atoms with Crippen molar-refractivity contribution in [1.29, 1.82) is 0 Å². The number of pyridine rings is 1. The zero-order valence-electron chi connectivity index (χ0n) is 15.8. The van der Waals surface area contributed by atoms with Crippen molar-refractivity contribution in [2.24, 2.45) is 4.99 Å². The van der Waals surface area contributed by atoms with E-state index in [4.69, 9.17) is 0 Å². The van der Waals surface area contributed by atoms with Crippen molar-refractivity contribution >= 4 is 5.96 Å². The number of rotatable bonds is 5. The fourth-order valence-corrected chi connectivity index (χ4v) is 2.89. The molecule has 2 N–H and O–H groups in total. The lowest BCUT2D eigenvalue weighted by molar-refractivity contribution is 0.551. The predicted octanol–water partition coefficient (Wildman–Crippen LogP) is 4.45. The summed E-state index contributed by atoms with van der Waals surface area (Å²) >= 11 is 0. The van der Waals surface area contributed by atoms with Crippen LogP contribution < -0.4 is 10.6 Å². The minimum atomic E-state index is -0.594. The number of nitrogens with one attached hydrogen (secondary N) is 2. The molecule has 0 saturated carbocycles. The van der Waals surface area contributed by atoms with Gasteiger partial charge in [-0.25, -0.2) is 8.78 Å². The van der Waals surface area contributed by atoms with Gasteiger partial charge >= 0.3 is 0 Å². The van der Waals surface area contributed by atoms with E-state index in [1.807, 2.05) is 36.4 Å². The molecule has 0 spiro atoms. The third-order valence-electron chi connectivity index (χ3n) is 4.35. The van der Waals surface area contributed by atoms with Crippen LogP contribution in [0.25, 0.3) is 11.3 Å². The van der Waals surface area contributed by atoms with Crippen LogP contribution in [-0.4, -0.2) is 18.0 Å². The first-order chi connectivity index (χ1) is 13.6. The third-order valence-corrected chi connectivity index (χ3v) is 4.35. The number of halogens is 2. The Labute approximate surface area is 163 Å². The zero-order chi connectivity index (χ0) is 19.9. The Hall–Kier alpha value is -3.28. The highest BCUT2D eigenvalue weighted by atomic mass is 19.1. The van der Waals surface area contributed by atoms with Gasteiger partial charge in [0, 0.05) is 37.0 Å². The molecule has 6 heteroatoms. The SMILES string of the molecule is CN=C(NCc1cccc(-c2ccccn2)c1)NC(C)c1ccc(F)cc1F. The summed E-state index contributed by atoms with van der Waals surface area (Å²) in [6.07, 6.45) is 1.77. The second-order valence-corrected chi connectivity index (χ2v) is 6.37. The summed E-state index contributed by atoms with van der Waals surface area (Å²) < 4.78 is 27.1. The fraction of sp³-hybridized carbons (Fsp3) is 0.182. The number of aromatic nitrogens is 1. The third kappa shape index (κ3) is 4.91. The molecule has 0 fully saturated rings. The summed E-state index contributed by atoms with van der Waals surface area (Å²) in [6, 6.07) is 17.1. The molecule has 0 radical (unpaired) electrons. The summed E-state index contributed by atoms with van der Waals surface area (Å²) in [6.45, 7) is 2.34. The normalized spacial score (nSPS) is 12.5. The first-order valence-corrected chi connectivity index (χ1v) is 8.99. The van der Waals surface area contributed by atoms with E-state index in [9.17, 15) is 8.78 Å². The van der Waals surface area contributed by atoms with Crippen LogP contribution in [0.3, 0.4) is 0 Å². The zero-order valence-corrected chi connectivity index (χ0v) is 15.8. The van der Waals surface area contributed by atoms with Gasteiger partial charge in [-0.05, 0) is 36.8 Å². The van der Waals surface area contributed by atoms with Crippen molar-refractivity contribution < 1.29 is 8.78 Å². The maximum Gasteiger partial charge on any atom is 0.191 e. The van der Waals surface area contributed by atoms with Crippen LogP contribution in [-0.2, 0) is 6.54 Å². The lowest BCUT2D eigenvalue weighted by atomic mass is 10.1. The van der Waals surface area contributed by atoms with E-state index in [0.717, 1.165) is 22.9 Å². The van der Waals surface area contributed by atoms with Gasteiger partial charge < -0.3 is 10.6 Å². The standard InChI is InChI=1S/C22H22F2N4/c1-15(19-10-9-18(23)13-20(19)24)28-22(25-2)27-14-16-6-5-7-17(12-16)21-8-3-4-11-26-21/h3-13,15H,14H2,1-2H3,(H2,25,27,28). The Balaban J connectivity index is 1.64. The van der Waals surface area contributed by atoms with Crippen LogP contribution in [0.15, 0.2) is 71.9 Å². The average molecular weight is 380 g/mol. The number of hydrogen-bond donors (Lipinski definition) is 2. The molecule has 3 rings (SSSR count). The molecule has 1 atom stereocenters. The van der Waals surface area contributed by atoms with Gasteiger partial charge in [0.1, 0.15) is 11.6 Å². The molecule has 1 aromatic heterocycles. The molecule has 0 saturated heterocycles. The fourth-order valence-electron chi connectivity index (χ4n) is 2.89. The highest BCUT2D eigenvalue weighted by molar-refractivity contribution is 5.80. The van der Waals surface area contributed by atoms with Gasteiger partial charge in [-0.3, -0.25) is 9.98 Å². The number of benzene rings is 2. The van der Waals surface area contributed by atoms with E-state index < -0.39 is 11.6 Å². The van der Waals surface area contributed by atoms with Crippen LogP contribution in [0.5, 0.6) is 0 Å². The van der Waals surface area contributed by atoms with E-state index >= 15 is 0 Å². The average Bonchev–Trinajstić information content (AvgIpc) is 2.71. The van der Waals surface area contributed by atoms with Gasteiger partial charge in [0.05, 0.1) is 11.7 Å². The summed E-state index contributed by atoms with van der Waals surface area (Å²) in [4.78, 5) is 8.55. The Bertz CT molecular complexity index is 958. The second kappa shape index (κ2) is 9.08. The minimum absolute atomic E-state index is 0.369. The monoisotopic (exact) mass is 380 g/mol. The smallest absolute Gasteiger partial charge is 0.191 e. The predicted molar refractivity (Wildman–Crippen MR) is 108 cm³/mol. The maximum atomic E-state index is 14.0. The quantitative estimate of drug-likeness (QED) is 0.508. The van der Waals surface area contributed by atoms with Crippen molar-refractivity contribution in [3.63, 3.8) is 0 Å². The molecular weight excluding hydrogens is 358 g/mol. The first-order valence-electron chi connectivity index (χ1n) is 8.99. The van der Waals surface area contributed by atoms with Gasteiger partial charge in [0.2, 0.25) is 0 Å². The molecule has 2 aromatic carbocycles. The molecule has 0 amide bonds. The number of guanidine groups is 1. The molecule has 1 unspecified atom stereocenters. The maximum absolute atomic E-state index is 14.0. The van der Waals surface area contributed by atoms with Crippen molar-refractivity contribution in [2.75, 3.05) is 7.05 Å². The summed E-state index contributed by atoms with van der Waals surface area (Å²) in [5, 5.41) is 6.34. The van der Waals surface area contributed by atoms with E-state index in [-0.39, 0.29) is 6.04 Å². The highest BCUT2D eigenvalue weighted by Crippen LogP contribution is 2.19. The van der Waals surface area contributed by atoms with E-state index in [1.54, 1.807) is 20.2 Å². The van der Waals surface area contributed by atoms with Crippen LogP contribution in [0.2, 0.25) is 0 Å². The molecule has 0 aliphatic heterocycles. The molecule has 0 bridgehead atoms. The van der Waals surface area contributed by atoms with Crippen molar-refractivity contribution in [1.82, 2.24) is 15.6 Å². The molecule has 4 nitrogen and oxygen atoms in total. The molecule has 3 aromatic rings. The Morgan fingerprint density at radius 1 is 1.07 bits per heavy atom. The van der Waals surface area contributed by atoms with Gasteiger partial charge in [0.25, 0.3) is 0 Å². The summed E-state index contributed by atoms with van der Waals surface area (Å²) in [7, 11) is 1.65. The molecule has 0 aliphatic carbocycles. The largest absolute Gasteiger partial charge is 0.352 e. The Morgan fingerprint density at radius 3 is 2.64 bits per heavy atom.